The molecule has 0 bridgehead atoms. The van der Waals surface area contributed by atoms with Crippen LogP contribution in [-0.4, -0.2) is 46.0 Å². The number of hydrogen-bond acceptors (Lipinski definition) is 6. The summed E-state index contributed by atoms with van der Waals surface area (Å²) in [5.41, 5.74) is 1.54. The van der Waals surface area contributed by atoms with Crippen molar-refractivity contribution in [2.45, 2.75) is 37.4 Å². The molecule has 1 aromatic carbocycles. The van der Waals surface area contributed by atoms with E-state index in [9.17, 15) is 37.1 Å². The lowest BCUT2D eigenvalue weighted by molar-refractivity contribution is -0.136. The molecule has 2 N–H and O–H groups in total. The average molecular weight is 503 g/mol. The van der Waals surface area contributed by atoms with Crippen molar-refractivity contribution in [1.82, 2.24) is 15.5 Å². The maximum absolute atomic E-state index is 12.9. The molecule has 12 heteroatoms. The highest BCUT2D eigenvalue weighted by atomic mass is 32.2. The molecule has 1 saturated heterocycles. The Kier molecular flexibility index (Phi) is 6.53. The second-order valence-corrected chi connectivity index (χ2v) is 8.91. The van der Waals surface area contributed by atoms with Crippen LogP contribution in [0.3, 0.4) is 0 Å². The number of nitrogens with one attached hydrogen (secondary N) is 2. The van der Waals surface area contributed by atoms with E-state index >= 15 is 0 Å². The highest BCUT2D eigenvalue weighted by molar-refractivity contribution is 8.04. The van der Waals surface area contributed by atoms with Crippen molar-refractivity contribution in [3.05, 3.63) is 69.0 Å². The quantitative estimate of drug-likeness (QED) is 0.456. The molecule has 2 aliphatic heterocycles. The number of halogens is 3. The van der Waals surface area contributed by atoms with E-state index in [1.54, 1.807) is 6.07 Å². The van der Waals surface area contributed by atoms with Gasteiger partial charge in [0.1, 0.15) is 6.04 Å². The van der Waals surface area contributed by atoms with Gasteiger partial charge in [-0.3, -0.25) is 34.2 Å². The summed E-state index contributed by atoms with van der Waals surface area (Å²) in [6, 6.07) is 3.37. The zero-order valence-corrected chi connectivity index (χ0v) is 18.6. The van der Waals surface area contributed by atoms with Crippen LogP contribution in [0.4, 0.5) is 13.2 Å². The third-order valence-electron chi connectivity index (χ3n) is 5.35. The van der Waals surface area contributed by atoms with Crippen LogP contribution in [0, 0.1) is 0 Å². The molecule has 0 spiro atoms. The SMILES string of the molecule is O=C(CC1=C=C=C(SC(F)(F)F)C=C1)NCc1ccc2c(c1)C(=O)N(C1CCC(=O)NC1=O)C2=O. The molecule has 0 saturated carbocycles. The Morgan fingerprint density at radius 3 is 2.51 bits per heavy atom. The molecule has 3 aliphatic rings. The lowest BCUT2D eigenvalue weighted by atomic mass is 10.0. The minimum absolute atomic E-state index is 0.0141. The van der Waals surface area contributed by atoms with Gasteiger partial charge in [0.2, 0.25) is 17.7 Å². The summed E-state index contributed by atoms with van der Waals surface area (Å²) in [4.78, 5) is 62.0. The number of imide groups is 2. The van der Waals surface area contributed by atoms with E-state index in [1.807, 2.05) is 0 Å². The number of nitrogens with zero attached hydrogens (tertiary/aromatic N) is 1. The lowest BCUT2D eigenvalue weighted by Gasteiger charge is -2.27. The number of amides is 5. The lowest BCUT2D eigenvalue weighted by Crippen LogP contribution is -2.54. The van der Waals surface area contributed by atoms with Gasteiger partial charge in [-0.1, -0.05) is 17.5 Å². The fraction of sp³-hybridized carbons (Fsp3) is 0.261. The molecule has 1 atom stereocenters. The first kappa shape index (κ1) is 24.3. The molecular weight excluding hydrogens is 487 g/mol. The fourth-order valence-corrected chi connectivity index (χ4v) is 4.24. The molecule has 5 amide bonds. The van der Waals surface area contributed by atoms with E-state index in [1.165, 1.54) is 24.3 Å². The van der Waals surface area contributed by atoms with Crippen LogP contribution in [-0.2, 0) is 20.9 Å². The second kappa shape index (κ2) is 9.42. The van der Waals surface area contributed by atoms with E-state index in [0.717, 1.165) is 4.90 Å². The molecule has 8 nitrogen and oxygen atoms in total. The normalized spacial score (nSPS) is 19.4. The third kappa shape index (κ3) is 5.46. The molecular formula is C23H16F3N3O5S. The molecule has 35 heavy (non-hydrogen) atoms. The molecule has 0 aromatic heterocycles. The van der Waals surface area contributed by atoms with Crippen molar-refractivity contribution in [2.75, 3.05) is 0 Å². The Morgan fingerprint density at radius 1 is 1.11 bits per heavy atom. The first-order chi connectivity index (χ1) is 16.5. The summed E-state index contributed by atoms with van der Waals surface area (Å²) >= 11 is -0.324. The van der Waals surface area contributed by atoms with Gasteiger partial charge in [-0.05, 0) is 48.0 Å². The van der Waals surface area contributed by atoms with Crippen molar-refractivity contribution >= 4 is 41.3 Å². The first-order valence-electron chi connectivity index (χ1n) is 10.3. The van der Waals surface area contributed by atoms with Crippen LogP contribution < -0.4 is 10.6 Å². The topological polar surface area (TPSA) is 113 Å². The van der Waals surface area contributed by atoms with Gasteiger partial charge in [0.15, 0.2) is 0 Å². The Morgan fingerprint density at radius 2 is 1.86 bits per heavy atom. The van der Waals surface area contributed by atoms with Crippen molar-refractivity contribution in [3.63, 3.8) is 0 Å². The Bertz CT molecular complexity index is 1300. The summed E-state index contributed by atoms with van der Waals surface area (Å²) < 4.78 is 37.1. The summed E-state index contributed by atoms with van der Waals surface area (Å²) in [7, 11) is 0. The predicted molar refractivity (Wildman–Crippen MR) is 116 cm³/mol. The van der Waals surface area contributed by atoms with Gasteiger partial charge in [-0.25, -0.2) is 0 Å². The van der Waals surface area contributed by atoms with Crippen LogP contribution in [0.2, 0.25) is 0 Å². The van der Waals surface area contributed by atoms with Crippen LogP contribution >= 0.6 is 11.8 Å². The van der Waals surface area contributed by atoms with E-state index in [0.29, 0.717) is 11.1 Å². The fourth-order valence-electron chi connectivity index (χ4n) is 3.75. The minimum Gasteiger partial charge on any atom is -0.352 e. The molecule has 1 aliphatic carbocycles. The number of allylic oxidation sites excluding steroid dienone is 2. The number of piperidine rings is 1. The third-order valence-corrected chi connectivity index (χ3v) is 6.04. The number of benzene rings is 1. The van der Waals surface area contributed by atoms with Gasteiger partial charge in [0.05, 0.1) is 22.5 Å². The summed E-state index contributed by atoms with van der Waals surface area (Å²) in [5, 5.41) is 4.76. The van der Waals surface area contributed by atoms with Gasteiger partial charge in [-0.2, -0.15) is 13.2 Å². The van der Waals surface area contributed by atoms with Crippen LogP contribution in [0.1, 0.15) is 45.5 Å². The van der Waals surface area contributed by atoms with E-state index in [2.05, 4.69) is 22.1 Å². The largest absolute Gasteiger partial charge is 0.447 e. The monoisotopic (exact) mass is 503 g/mol. The van der Waals surface area contributed by atoms with Gasteiger partial charge in [0, 0.05) is 18.5 Å². The van der Waals surface area contributed by atoms with Gasteiger partial charge in [0.25, 0.3) is 11.8 Å². The summed E-state index contributed by atoms with van der Waals surface area (Å²) in [6.07, 6.45) is 2.48. The zero-order chi connectivity index (χ0) is 25.3. The average Bonchev–Trinajstić information content (AvgIpc) is 3.03. The van der Waals surface area contributed by atoms with E-state index in [-0.39, 0.29) is 53.6 Å². The zero-order valence-electron chi connectivity index (χ0n) is 17.8. The maximum atomic E-state index is 12.9. The predicted octanol–water partition coefficient (Wildman–Crippen LogP) is 2.48. The minimum atomic E-state index is -4.44. The maximum Gasteiger partial charge on any atom is 0.447 e. The number of thioether (sulfide) groups is 1. The molecule has 1 fully saturated rings. The van der Waals surface area contributed by atoms with E-state index in [4.69, 9.17) is 0 Å². The smallest absolute Gasteiger partial charge is 0.352 e. The number of fused-ring (bicyclic) bond motifs is 1. The molecule has 1 aromatic rings. The highest BCUT2D eigenvalue weighted by Crippen LogP contribution is 2.37. The van der Waals surface area contributed by atoms with Crippen molar-refractivity contribution < 1.29 is 37.1 Å². The summed E-state index contributed by atoms with van der Waals surface area (Å²) in [5.74, 6) is -2.89. The second-order valence-electron chi connectivity index (χ2n) is 7.80. The van der Waals surface area contributed by atoms with Gasteiger partial charge in [-0.15, -0.1) is 0 Å². The van der Waals surface area contributed by atoms with E-state index < -0.39 is 41.1 Å². The van der Waals surface area contributed by atoms with Crippen molar-refractivity contribution in [3.8, 4) is 0 Å². The van der Waals surface area contributed by atoms with Crippen molar-refractivity contribution in [2.24, 2.45) is 0 Å². The Balaban J connectivity index is 1.39. The number of rotatable bonds is 6. The van der Waals surface area contributed by atoms with Crippen LogP contribution in [0.5, 0.6) is 0 Å². The summed E-state index contributed by atoms with van der Waals surface area (Å²) in [6.45, 7) is 0.0255. The molecule has 4 rings (SSSR count). The first-order valence-corrected chi connectivity index (χ1v) is 11.1. The molecule has 180 valence electrons. The van der Waals surface area contributed by atoms with Gasteiger partial charge < -0.3 is 5.32 Å². The molecule has 0 radical (unpaired) electrons. The number of carbonyl (C=O) groups excluding carboxylic acids is 5. The Labute approximate surface area is 200 Å². The molecule has 1 unspecified atom stereocenters. The van der Waals surface area contributed by atoms with Crippen molar-refractivity contribution in [1.29, 1.82) is 0 Å². The standard InChI is InChI=1S/C23H16F3N3O5S/c24-23(25,26)35-14-4-1-12(2-5-14)10-19(31)27-11-13-3-6-15-16(9-13)22(34)29(21(15)33)17-7-8-18(30)28-20(17)32/h1,3-4,6,9,17H,7-8,10-11H2,(H,27,31)(H,28,30,32). The van der Waals surface area contributed by atoms with Gasteiger partial charge >= 0.3 is 5.51 Å². The Hall–Kier alpha value is -3.85. The number of carbonyl (C=O) groups is 5. The number of alkyl halides is 3. The highest BCUT2D eigenvalue weighted by Gasteiger charge is 2.44. The van der Waals surface area contributed by atoms with Crippen LogP contribution in [0.15, 0.2) is 52.3 Å². The number of hydrogen-bond donors (Lipinski definition) is 2. The van der Waals surface area contributed by atoms with Crippen LogP contribution in [0.25, 0.3) is 0 Å². The molecule has 2 heterocycles.